The van der Waals surface area contributed by atoms with Crippen LogP contribution in [0.4, 0.5) is 10.6 Å². The molecule has 2 N–H and O–H groups in total. The SMILES string of the molecule is NC(=O)N1c2ncccc2CCC1C1CCN(C2COC2)CC1. The van der Waals surface area contributed by atoms with Crippen LogP contribution in [0.3, 0.4) is 0 Å². The lowest BCUT2D eigenvalue weighted by atomic mass is 9.82. The molecule has 2 amide bonds. The van der Waals surface area contributed by atoms with E-state index in [1.54, 1.807) is 11.1 Å². The molecular formula is C17H24N4O2. The monoisotopic (exact) mass is 316 g/mol. The molecule has 0 bridgehead atoms. The van der Waals surface area contributed by atoms with Gasteiger partial charge in [-0.2, -0.15) is 0 Å². The highest BCUT2D eigenvalue weighted by Crippen LogP contribution is 2.36. The number of ether oxygens (including phenoxy) is 1. The summed E-state index contributed by atoms with van der Waals surface area (Å²) >= 11 is 0. The minimum atomic E-state index is -0.371. The van der Waals surface area contributed by atoms with Gasteiger partial charge in [0.05, 0.1) is 19.3 Å². The number of pyridine rings is 1. The van der Waals surface area contributed by atoms with Crippen LogP contribution in [-0.4, -0.2) is 54.3 Å². The number of nitrogens with zero attached hydrogens (tertiary/aromatic N) is 3. The molecule has 0 saturated carbocycles. The molecule has 1 unspecified atom stereocenters. The molecule has 0 aliphatic carbocycles. The molecule has 3 aliphatic heterocycles. The first-order valence-electron chi connectivity index (χ1n) is 8.58. The molecular weight excluding hydrogens is 292 g/mol. The quantitative estimate of drug-likeness (QED) is 0.895. The Labute approximate surface area is 136 Å². The number of carbonyl (C=O) groups excluding carboxylic acids is 1. The predicted octanol–water partition coefficient (Wildman–Crippen LogP) is 1.39. The summed E-state index contributed by atoms with van der Waals surface area (Å²) in [7, 11) is 0. The Morgan fingerprint density at radius 2 is 2.04 bits per heavy atom. The molecule has 0 aromatic carbocycles. The predicted molar refractivity (Wildman–Crippen MR) is 87.3 cm³/mol. The van der Waals surface area contributed by atoms with Gasteiger partial charge in [-0.25, -0.2) is 9.78 Å². The van der Waals surface area contributed by atoms with Crippen molar-refractivity contribution in [1.82, 2.24) is 9.88 Å². The summed E-state index contributed by atoms with van der Waals surface area (Å²) in [4.78, 5) is 20.8. The molecule has 1 aromatic rings. The van der Waals surface area contributed by atoms with Crippen molar-refractivity contribution < 1.29 is 9.53 Å². The van der Waals surface area contributed by atoms with E-state index in [-0.39, 0.29) is 12.1 Å². The number of hydrogen-bond donors (Lipinski definition) is 1. The molecule has 23 heavy (non-hydrogen) atoms. The molecule has 6 nitrogen and oxygen atoms in total. The second-order valence-corrected chi connectivity index (χ2v) is 6.87. The molecule has 4 heterocycles. The Hall–Kier alpha value is -1.66. The molecule has 3 aliphatic rings. The zero-order valence-corrected chi connectivity index (χ0v) is 13.4. The lowest BCUT2D eigenvalue weighted by molar-refractivity contribution is -0.0746. The fraction of sp³-hybridized carbons (Fsp3) is 0.647. The number of anilines is 1. The van der Waals surface area contributed by atoms with Crippen molar-refractivity contribution in [1.29, 1.82) is 0 Å². The number of fused-ring (bicyclic) bond motifs is 1. The maximum absolute atomic E-state index is 12.1. The number of rotatable bonds is 2. The van der Waals surface area contributed by atoms with Crippen molar-refractivity contribution in [3.8, 4) is 0 Å². The molecule has 1 aromatic heterocycles. The number of amides is 2. The van der Waals surface area contributed by atoms with Crippen molar-refractivity contribution in [2.24, 2.45) is 11.7 Å². The zero-order chi connectivity index (χ0) is 15.8. The Morgan fingerprint density at radius 1 is 1.26 bits per heavy atom. The summed E-state index contributed by atoms with van der Waals surface area (Å²) in [5.74, 6) is 1.28. The lowest BCUT2D eigenvalue weighted by Gasteiger charge is -2.45. The van der Waals surface area contributed by atoms with Crippen LogP contribution in [0.5, 0.6) is 0 Å². The minimum absolute atomic E-state index is 0.190. The molecule has 1 atom stereocenters. The molecule has 4 rings (SSSR count). The summed E-state index contributed by atoms with van der Waals surface area (Å²) in [6.07, 6.45) is 5.95. The van der Waals surface area contributed by atoms with E-state index in [2.05, 4.69) is 9.88 Å². The standard InChI is InChI=1S/C17H24N4O2/c18-17(22)21-15(4-3-13-2-1-7-19-16(13)21)12-5-8-20(9-6-12)14-10-23-11-14/h1-2,7,12,14-15H,3-6,8-11H2,(H2,18,22). The summed E-state index contributed by atoms with van der Waals surface area (Å²) in [5.41, 5.74) is 6.84. The normalized spacial score (nSPS) is 26.6. The van der Waals surface area contributed by atoms with Crippen LogP contribution in [0.1, 0.15) is 24.8 Å². The van der Waals surface area contributed by atoms with E-state index in [9.17, 15) is 4.79 Å². The second kappa shape index (κ2) is 6.09. The van der Waals surface area contributed by atoms with E-state index in [0.29, 0.717) is 12.0 Å². The first-order valence-corrected chi connectivity index (χ1v) is 8.58. The highest BCUT2D eigenvalue weighted by molar-refractivity contribution is 5.91. The Bertz CT molecular complexity index is 582. The van der Waals surface area contributed by atoms with Crippen LogP contribution in [0, 0.1) is 5.92 Å². The van der Waals surface area contributed by atoms with Crippen LogP contribution in [0.25, 0.3) is 0 Å². The van der Waals surface area contributed by atoms with Gasteiger partial charge in [-0.15, -0.1) is 0 Å². The largest absolute Gasteiger partial charge is 0.378 e. The number of aromatic nitrogens is 1. The van der Waals surface area contributed by atoms with E-state index < -0.39 is 0 Å². The number of primary amides is 1. The maximum atomic E-state index is 12.1. The summed E-state index contributed by atoms with van der Waals surface area (Å²) in [6.45, 7) is 3.94. The van der Waals surface area contributed by atoms with Crippen molar-refractivity contribution in [2.45, 2.75) is 37.8 Å². The van der Waals surface area contributed by atoms with Crippen LogP contribution in [0.2, 0.25) is 0 Å². The Morgan fingerprint density at radius 3 is 2.70 bits per heavy atom. The number of piperidine rings is 1. The van der Waals surface area contributed by atoms with Gasteiger partial charge in [-0.3, -0.25) is 9.80 Å². The van der Waals surface area contributed by atoms with E-state index >= 15 is 0 Å². The third kappa shape index (κ3) is 2.70. The van der Waals surface area contributed by atoms with E-state index in [4.69, 9.17) is 10.5 Å². The third-order valence-corrected chi connectivity index (χ3v) is 5.63. The van der Waals surface area contributed by atoms with Crippen LogP contribution in [0.15, 0.2) is 18.3 Å². The van der Waals surface area contributed by atoms with Gasteiger partial charge < -0.3 is 10.5 Å². The number of nitrogens with two attached hydrogens (primary N) is 1. The number of hydrogen-bond acceptors (Lipinski definition) is 4. The molecule has 2 saturated heterocycles. The van der Waals surface area contributed by atoms with E-state index in [0.717, 1.165) is 63.4 Å². The maximum Gasteiger partial charge on any atom is 0.320 e. The first-order chi connectivity index (χ1) is 11.2. The molecule has 0 radical (unpaired) electrons. The average molecular weight is 316 g/mol. The highest BCUT2D eigenvalue weighted by Gasteiger charge is 2.38. The Balaban J connectivity index is 1.49. The average Bonchev–Trinajstić information content (AvgIpc) is 2.53. The number of carbonyl (C=O) groups is 1. The van der Waals surface area contributed by atoms with Gasteiger partial charge >= 0.3 is 6.03 Å². The summed E-state index contributed by atoms with van der Waals surface area (Å²) < 4.78 is 5.30. The van der Waals surface area contributed by atoms with Crippen LogP contribution >= 0.6 is 0 Å². The van der Waals surface area contributed by atoms with Crippen molar-refractivity contribution in [3.05, 3.63) is 23.9 Å². The topological polar surface area (TPSA) is 71.7 Å². The number of likely N-dealkylation sites (tertiary alicyclic amines) is 1. The van der Waals surface area contributed by atoms with Crippen molar-refractivity contribution in [2.75, 3.05) is 31.2 Å². The van der Waals surface area contributed by atoms with Crippen molar-refractivity contribution >= 4 is 11.8 Å². The van der Waals surface area contributed by atoms with Gasteiger partial charge in [0, 0.05) is 12.2 Å². The van der Waals surface area contributed by atoms with Gasteiger partial charge in [-0.1, -0.05) is 6.07 Å². The van der Waals surface area contributed by atoms with E-state index in [1.165, 1.54) is 0 Å². The zero-order valence-electron chi connectivity index (χ0n) is 13.4. The molecule has 2 fully saturated rings. The summed E-state index contributed by atoms with van der Waals surface area (Å²) in [5, 5.41) is 0. The minimum Gasteiger partial charge on any atom is -0.378 e. The number of aryl methyl sites for hydroxylation is 1. The van der Waals surface area contributed by atoms with Crippen LogP contribution in [-0.2, 0) is 11.2 Å². The third-order valence-electron chi connectivity index (χ3n) is 5.63. The molecule has 124 valence electrons. The van der Waals surface area contributed by atoms with Gasteiger partial charge in [0.25, 0.3) is 0 Å². The van der Waals surface area contributed by atoms with Gasteiger partial charge in [0.15, 0.2) is 0 Å². The van der Waals surface area contributed by atoms with Gasteiger partial charge in [0.1, 0.15) is 5.82 Å². The summed E-state index contributed by atoms with van der Waals surface area (Å²) in [6, 6.07) is 4.40. The Kier molecular flexibility index (Phi) is 3.95. The van der Waals surface area contributed by atoms with E-state index in [1.807, 2.05) is 12.1 Å². The smallest absolute Gasteiger partial charge is 0.320 e. The number of urea groups is 1. The second-order valence-electron chi connectivity index (χ2n) is 6.87. The lowest BCUT2D eigenvalue weighted by Crippen LogP contribution is -2.56. The first kappa shape index (κ1) is 14.9. The fourth-order valence-corrected chi connectivity index (χ4v) is 4.25. The van der Waals surface area contributed by atoms with Gasteiger partial charge in [0.2, 0.25) is 0 Å². The molecule has 0 spiro atoms. The van der Waals surface area contributed by atoms with Crippen LogP contribution < -0.4 is 10.6 Å². The van der Waals surface area contributed by atoms with Gasteiger partial charge in [-0.05, 0) is 56.3 Å². The molecule has 6 heteroatoms. The highest BCUT2D eigenvalue weighted by atomic mass is 16.5. The van der Waals surface area contributed by atoms with Crippen molar-refractivity contribution in [3.63, 3.8) is 0 Å². The fourth-order valence-electron chi connectivity index (χ4n) is 4.25.